The number of hydrogen-bond acceptors (Lipinski definition) is 3. The Labute approximate surface area is 149 Å². The standard InChI is InChI=1S/C19H17F2N3S/c1-3-10-24-18(16-7-5-4-6-13(16)2)22-23-19(24)25-12-14-8-9-15(20)11-17(14)21/h3-9,11H,1,10,12H2,2H3. The maximum atomic E-state index is 13.8. The Morgan fingerprint density at radius 1 is 1.16 bits per heavy atom. The van der Waals surface area contributed by atoms with Gasteiger partial charge in [0.05, 0.1) is 0 Å². The molecule has 0 atom stereocenters. The number of benzene rings is 2. The van der Waals surface area contributed by atoms with Crippen LogP contribution in [0.15, 0.2) is 60.3 Å². The van der Waals surface area contributed by atoms with Crippen molar-refractivity contribution >= 4 is 11.8 Å². The monoisotopic (exact) mass is 357 g/mol. The second-order valence-electron chi connectivity index (χ2n) is 5.54. The quantitative estimate of drug-likeness (QED) is 0.459. The number of halogens is 2. The van der Waals surface area contributed by atoms with E-state index in [4.69, 9.17) is 0 Å². The molecule has 3 nitrogen and oxygen atoms in total. The molecule has 1 aromatic heterocycles. The van der Waals surface area contributed by atoms with Crippen molar-refractivity contribution in [2.75, 3.05) is 0 Å². The van der Waals surface area contributed by atoms with E-state index in [1.807, 2.05) is 35.8 Å². The molecule has 0 spiro atoms. The molecule has 0 aliphatic heterocycles. The summed E-state index contributed by atoms with van der Waals surface area (Å²) in [5, 5.41) is 9.22. The Kier molecular flexibility index (Phi) is 5.28. The van der Waals surface area contributed by atoms with Crippen molar-refractivity contribution in [3.05, 3.63) is 77.9 Å². The van der Waals surface area contributed by atoms with Gasteiger partial charge in [0, 0.05) is 23.9 Å². The molecule has 0 N–H and O–H groups in total. The molecule has 3 rings (SSSR count). The average molecular weight is 357 g/mol. The molecule has 1 heterocycles. The number of thioether (sulfide) groups is 1. The third-order valence-electron chi connectivity index (χ3n) is 3.79. The largest absolute Gasteiger partial charge is 0.298 e. The smallest absolute Gasteiger partial charge is 0.192 e. The summed E-state index contributed by atoms with van der Waals surface area (Å²) < 4.78 is 28.8. The summed E-state index contributed by atoms with van der Waals surface area (Å²) in [5.74, 6) is -0.0424. The van der Waals surface area contributed by atoms with E-state index in [1.165, 1.54) is 23.9 Å². The number of allylic oxidation sites excluding steroid dienone is 1. The van der Waals surface area contributed by atoms with E-state index in [0.717, 1.165) is 23.0 Å². The molecule has 25 heavy (non-hydrogen) atoms. The zero-order chi connectivity index (χ0) is 17.8. The number of aryl methyl sites for hydroxylation is 1. The van der Waals surface area contributed by atoms with E-state index in [2.05, 4.69) is 16.8 Å². The van der Waals surface area contributed by atoms with Crippen LogP contribution in [0.5, 0.6) is 0 Å². The molecule has 0 bridgehead atoms. The summed E-state index contributed by atoms with van der Waals surface area (Å²) in [4.78, 5) is 0. The average Bonchev–Trinajstić information content (AvgIpc) is 2.98. The molecule has 6 heteroatoms. The van der Waals surface area contributed by atoms with Gasteiger partial charge < -0.3 is 0 Å². The minimum atomic E-state index is -0.581. The minimum Gasteiger partial charge on any atom is -0.298 e. The number of rotatable bonds is 6. The lowest BCUT2D eigenvalue weighted by Crippen LogP contribution is -2.01. The van der Waals surface area contributed by atoms with E-state index in [9.17, 15) is 8.78 Å². The van der Waals surface area contributed by atoms with Gasteiger partial charge in [0.15, 0.2) is 11.0 Å². The molecule has 128 valence electrons. The maximum Gasteiger partial charge on any atom is 0.192 e. The van der Waals surface area contributed by atoms with Gasteiger partial charge in [-0.15, -0.1) is 16.8 Å². The van der Waals surface area contributed by atoms with Crippen LogP contribution in [-0.4, -0.2) is 14.8 Å². The lowest BCUT2D eigenvalue weighted by atomic mass is 10.1. The van der Waals surface area contributed by atoms with E-state index < -0.39 is 11.6 Å². The van der Waals surface area contributed by atoms with Crippen molar-refractivity contribution in [2.24, 2.45) is 0 Å². The number of aromatic nitrogens is 3. The third kappa shape index (κ3) is 3.79. The molecule has 0 aliphatic rings. The first-order chi connectivity index (χ1) is 12.1. The summed E-state index contributed by atoms with van der Waals surface area (Å²) in [7, 11) is 0. The summed E-state index contributed by atoms with van der Waals surface area (Å²) in [6.45, 7) is 6.35. The number of nitrogens with zero attached hydrogens (tertiary/aromatic N) is 3. The molecule has 0 unspecified atom stereocenters. The molecule has 0 amide bonds. The van der Waals surface area contributed by atoms with Crippen molar-refractivity contribution < 1.29 is 8.78 Å². The Morgan fingerprint density at radius 2 is 1.96 bits per heavy atom. The van der Waals surface area contributed by atoms with Gasteiger partial charge in [-0.2, -0.15) is 0 Å². The summed E-state index contributed by atoms with van der Waals surface area (Å²) in [6.07, 6.45) is 1.77. The molecule has 0 aliphatic carbocycles. The molecule has 0 fully saturated rings. The highest BCUT2D eigenvalue weighted by atomic mass is 32.2. The van der Waals surface area contributed by atoms with Gasteiger partial charge in [0.1, 0.15) is 11.6 Å². The highest BCUT2D eigenvalue weighted by Gasteiger charge is 2.15. The van der Waals surface area contributed by atoms with E-state index in [0.29, 0.717) is 23.0 Å². The van der Waals surface area contributed by atoms with Crippen LogP contribution in [-0.2, 0) is 12.3 Å². The molecule has 0 saturated carbocycles. The van der Waals surface area contributed by atoms with Gasteiger partial charge in [0.2, 0.25) is 0 Å². The zero-order valence-corrected chi connectivity index (χ0v) is 14.6. The van der Waals surface area contributed by atoms with Crippen LogP contribution in [0.25, 0.3) is 11.4 Å². The molecular formula is C19H17F2N3S. The molecular weight excluding hydrogens is 340 g/mol. The fraction of sp³-hybridized carbons (Fsp3) is 0.158. The van der Waals surface area contributed by atoms with Crippen molar-refractivity contribution in [1.82, 2.24) is 14.8 Å². The van der Waals surface area contributed by atoms with Gasteiger partial charge in [0.25, 0.3) is 0 Å². The van der Waals surface area contributed by atoms with Gasteiger partial charge >= 0.3 is 0 Å². The van der Waals surface area contributed by atoms with E-state index in [-0.39, 0.29) is 0 Å². The highest BCUT2D eigenvalue weighted by molar-refractivity contribution is 7.98. The fourth-order valence-electron chi connectivity index (χ4n) is 2.49. The second-order valence-corrected chi connectivity index (χ2v) is 6.49. The molecule has 3 aromatic rings. The van der Waals surface area contributed by atoms with Gasteiger partial charge in [-0.05, 0) is 24.1 Å². The number of hydrogen-bond donors (Lipinski definition) is 0. The normalized spacial score (nSPS) is 10.8. The first-order valence-corrected chi connectivity index (χ1v) is 8.75. The Morgan fingerprint density at radius 3 is 2.68 bits per heavy atom. The Balaban J connectivity index is 1.89. The van der Waals surface area contributed by atoms with Crippen LogP contribution in [0.3, 0.4) is 0 Å². The van der Waals surface area contributed by atoms with Gasteiger partial charge in [-0.25, -0.2) is 8.78 Å². The predicted molar refractivity (Wildman–Crippen MR) is 96.3 cm³/mol. The second kappa shape index (κ2) is 7.61. The van der Waals surface area contributed by atoms with Crippen LogP contribution < -0.4 is 0 Å². The first-order valence-electron chi connectivity index (χ1n) is 7.77. The van der Waals surface area contributed by atoms with E-state index >= 15 is 0 Å². The summed E-state index contributed by atoms with van der Waals surface area (Å²) in [6, 6.07) is 11.5. The minimum absolute atomic E-state index is 0.342. The van der Waals surface area contributed by atoms with Crippen molar-refractivity contribution in [3.63, 3.8) is 0 Å². The molecule has 2 aromatic carbocycles. The van der Waals surface area contributed by atoms with Crippen LogP contribution in [0.1, 0.15) is 11.1 Å². The van der Waals surface area contributed by atoms with Crippen LogP contribution in [0, 0.1) is 18.6 Å². The van der Waals surface area contributed by atoms with Crippen molar-refractivity contribution in [3.8, 4) is 11.4 Å². The van der Waals surface area contributed by atoms with Gasteiger partial charge in [-0.1, -0.05) is 48.2 Å². The summed E-state index contributed by atoms with van der Waals surface area (Å²) >= 11 is 1.36. The van der Waals surface area contributed by atoms with Crippen LogP contribution in [0.4, 0.5) is 8.78 Å². The maximum absolute atomic E-state index is 13.8. The topological polar surface area (TPSA) is 30.7 Å². The lowest BCUT2D eigenvalue weighted by Gasteiger charge is -2.09. The van der Waals surface area contributed by atoms with Crippen molar-refractivity contribution in [1.29, 1.82) is 0 Å². The molecule has 0 saturated heterocycles. The fourth-order valence-corrected chi connectivity index (χ4v) is 3.43. The van der Waals surface area contributed by atoms with Crippen LogP contribution >= 0.6 is 11.8 Å². The predicted octanol–water partition coefficient (Wildman–Crippen LogP) is 5.01. The Hall–Kier alpha value is -2.47. The Bertz CT molecular complexity index is 905. The first kappa shape index (κ1) is 17.4. The SMILES string of the molecule is C=CCn1c(SCc2ccc(F)cc2F)nnc1-c1ccccc1C. The van der Waals surface area contributed by atoms with Crippen LogP contribution in [0.2, 0.25) is 0 Å². The van der Waals surface area contributed by atoms with Gasteiger partial charge in [-0.3, -0.25) is 4.57 Å². The van der Waals surface area contributed by atoms with E-state index in [1.54, 1.807) is 6.08 Å². The van der Waals surface area contributed by atoms with Crippen molar-refractivity contribution in [2.45, 2.75) is 24.4 Å². The zero-order valence-electron chi connectivity index (χ0n) is 13.7. The third-order valence-corrected chi connectivity index (χ3v) is 4.80. The summed E-state index contributed by atoms with van der Waals surface area (Å²) in [5.41, 5.74) is 2.52. The lowest BCUT2D eigenvalue weighted by molar-refractivity contribution is 0.576. The molecule has 0 radical (unpaired) electrons. The highest BCUT2D eigenvalue weighted by Crippen LogP contribution is 2.28.